The third-order valence-corrected chi connectivity index (χ3v) is 11.5. The van der Waals surface area contributed by atoms with Gasteiger partial charge in [-0.1, -0.05) is 64.4 Å². The minimum Gasteiger partial charge on any atom is -0.480 e. The number of primary amides is 2. The molecule has 414 valence electrons. The van der Waals surface area contributed by atoms with Crippen molar-refractivity contribution in [2.75, 3.05) is 19.6 Å². The monoisotopic (exact) mass is 1050 g/mol. The number of carboxylic acids is 1. The number of carbonyl (C=O) groups is 11. The normalized spacial score (nSPS) is 14.6. The summed E-state index contributed by atoms with van der Waals surface area (Å²) < 4.78 is 0. The van der Waals surface area contributed by atoms with Crippen molar-refractivity contribution in [1.82, 2.24) is 42.5 Å². The molecular weight excluding hydrogens is 967 g/mol. The molecule has 0 unspecified atom stereocenters. The van der Waals surface area contributed by atoms with Crippen molar-refractivity contribution in [1.29, 1.82) is 0 Å². The highest BCUT2D eigenvalue weighted by Crippen LogP contribution is 2.12. The van der Waals surface area contributed by atoms with Crippen LogP contribution in [0.3, 0.4) is 0 Å². The summed E-state index contributed by atoms with van der Waals surface area (Å²) in [6.07, 6.45) is 0.450. The summed E-state index contributed by atoms with van der Waals surface area (Å²) in [7, 11) is 0. The molecule has 0 aliphatic carbocycles. The molecule has 0 radical (unpaired) electrons. The second-order valence-corrected chi connectivity index (χ2v) is 18.4. The molecule has 1 aromatic carbocycles. The molecule has 1 rings (SSSR count). The van der Waals surface area contributed by atoms with Crippen LogP contribution < -0.4 is 76.9 Å². The highest BCUT2D eigenvalue weighted by Gasteiger charge is 2.34. The minimum atomic E-state index is -1.72. The smallest absolute Gasteiger partial charge is 0.326 e. The van der Waals surface area contributed by atoms with Crippen LogP contribution in [0.4, 0.5) is 0 Å². The summed E-state index contributed by atoms with van der Waals surface area (Å²) in [5.41, 5.74) is 33.5. The lowest BCUT2D eigenvalue weighted by Gasteiger charge is -2.27. The van der Waals surface area contributed by atoms with Gasteiger partial charge in [0, 0.05) is 19.4 Å². The van der Waals surface area contributed by atoms with Crippen LogP contribution in [0.2, 0.25) is 0 Å². The predicted octanol–water partition coefficient (Wildman–Crippen LogP) is -4.41. The van der Waals surface area contributed by atoms with Crippen LogP contribution in [0.15, 0.2) is 35.3 Å². The van der Waals surface area contributed by atoms with Crippen molar-refractivity contribution < 1.29 is 57.8 Å². The molecule has 10 amide bonds. The molecule has 0 heterocycles. The molecule has 0 fully saturated rings. The number of hydrogen-bond donors (Lipinski definition) is 15. The first-order chi connectivity index (χ1) is 34.8. The van der Waals surface area contributed by atoms with Crippen molar-refractivity contribution in [3.8, 4) is 0 Å². The van der Waals surface area contributed by atoms with Gasteiger partial charge in [0.2, 0.25) is 59.1 Å². The Balaban J connectivity index is 3.30. The fraction of sp³-hybridized carbons (Fsp3) is 0.617. The second kappa shape index (κ2) is 34.1. The van der Waals surface area contributed by atoms with Crippen molar-refractivity contribution in [3.05, 3.63) is 35.9 Å². The number of rotatable bonds is 36. The molecule has 0 saturated carbocycles. The van der Waals surface area contributed by atoms with Gasteiger partial charge >= 0.3 is 5.97 Å². The number of aliphatic carboxylic acids is 1. The Bertz CT molecular complexity index is 2090. The first-order valence-corrected chi connectivity index (χ1v) is 24.5. The number of amides is 10. The van der Waals surface area contributed by atoms with Gasteiger partial charge < -0.3 is 82.0 Å². The topological polar surface area (TPSA) is 473 Å². The van der Waals surface area contributed by atoms with E-state index in [0.717, 1.165) is 0 Å². The Morgan fingerprint density at radius 2 is 1.18 bits per heavy atom. The fourth-order valence-electron chi connectivity index (χ4n) is 7.11. The first kappa shape index (κ1) is 64.6. The van der Waals surface area contributed by atoms with Crippen LogP contribution in [-0.4, -0.2) is 144 Å². The zero-order chi connectivity index (χ0) is 56.1. The largest absolute Gasteiger partial charge is 0.480 e. The molecule has 0 aliphatic rings. The van der Waals surface area contributed by atoms with E-state index in [4.69, 9.17) is 34.4 Å². The number of hydrogen-bond acceptors (Lipinski definition) is 14. The van der Waals surface area contributed by atoms with E-state index in [1.807, 2.05) is 0 Å². The second-order valence-electron chi connectivity index (χ2n) is 18.4. The number of benzene rings is 1. The number of nitrogens with two attached hydrogens (primary N) is 6. The predicted molar refractivity (Wildman–Crippen MR) is 272 cm³/mol. The van der Waals surface area contributed by atoms with Gasteiger partial charge in [0.25, 0.3) is 0 Å². The highest BCUT2D eigenvalue weighted by molar-refractivity contribution is 5.99. The fourth-order valence-corrected chi connectivity index (χ4v) is 7.11. The zero-order valence-corrected chi connectivity index (χ0v) is 42.9. The average Bonchev–Trinajstić information content (AvgIpc) is 3.33. The maximum absolute atomic E-state index is 14.1. The van der Waals surface area contributed by atoms with Crippen LogP contribution in [0.1, 0.15) is 104 Å². The summed E-state index contributed by atoms with van der Waals surface area (Å²) >= 11 is 0. The number of carboxylic acid groups (broad SMARTS) is 1. The van der Waals surface area contributed by atoms with E-state index in [9.17, 15) is 57.8 Å². The standard InChI is InChI=1S/C47H79N15O12/c1-6-26(4)38(46(73)74)62-43(70)30(16-10-11-19-48)57-37(65)24-55-41(68)32(21-25(2)3)60-44(71)33(22-28-13-8-7-9-14-28)61-45(72)34(23-36(51)64)59-39(66)27(5)56-42(69)31(17-18-35(50)63)58-40(67)29(49)15-12-20-54-47(52)53/h7-9,13-14,25-27,29-34,38H,6,10-12,15-24,48-49H2,1-5H3,(H2,50,63)(H2,51,64)(H,55,68)(H,56,69)(H,57,65)(H,58,67)(H,59,66)(H,60,71)(H,61,72)(H,62,70)(H,73,74)(H4,52,53,54)/t26-,27-,29-,30-,31-,32-,33-,34-,38-/m0/s1. The van der Waals surface area contributed by atoms with Gasteiger partial charge in [-0.3, -0.25) is 52.9 Å². The Hall–Kier alpha value is -7.42. The van der Waals surface area contributed by atoms with E-state index in [0.29, 0.717) is 37.8 Å². The number of aliphatic imine (C=N–C) groups is 1. The molecule has 0 bridgehead atoms. The van der Waals surface area contributed by atoms with E-state index in [1.54, 1.807) is 58.0 Å². The Morgan fingerprint density at radius 3 is 1.74 bits per heavy atom. The summed E-state index contributed by atoms with van der Waals surface area (Å²) in [6, 6.07) is -2.39. The van der Waals surface area contributed by atoms with Crippen molar-refractivity contribution in [2.45, 2.75) is 154 Å². The van der Waals surface area contributed by atoms with Crippen molar-refractivity contribution in [3.63, 3.8) is 0 Å². The van der Waals surface area contributed by atoms with Crippen molar-refractivity contribution in [2.24, 2.45) is 51.2 Å². The van der Waals surface area contributed by atoms with Crippen LogP contribution >= 0.6 is 0 Å². The molecule has 0 saturated heterocycles. The lowest BCUT2D eigenvalue weighted by atomic mass is 9.98. The maximum atomic E-state index is 14.1. The lowest BCUT2D eigenvalue weighted by molar-refractivity contribution is -0.143. The molecule has 27 nitrogen and oxygen atoms in total. The van der Waals surface area contributed by atoms with Gasteiger partial charge in [0.15, 0.2) is 5.96 Å². The molecule has 27 heteroatoms. The molecular formula is C47H79N15O12. The molecule has 74 heavy (non-hydrogen) atoms. The van der Waals surface area contributed by atoms with Crippen molar-refractivity contribution >= 4 is 71.0 Å². The third-order valence-electron chi connectivity index (χ3n) is 11.5. The van der Waals surface area contributed by atoms with E-state index in [1.165, 1.54) is 6.92 Å². The molecule has 9 atom stereocenters. The molecule has 0 spiro atoms. The molecule has 0 aromatic heterocycles. The van der Waals surface area contributed by atoms with Gasteiger partial charge in [0.1, 0.15) is 42.3 Å². The van der Waals surface area contributed by atoms with Gasteiger partial charge in [0.05, 0.1) is 19.0 Å². The quantitative estimate of drug-likeness (QED) is 0.0171. The van der Waals surface area contributed by atoms with E-state index in [2.05, 4.69) is 47.5 Å². The van der Waals surface area contributed by atoms with Gasteiger partial charge in [-0.15, -0.1) is 0 Å². The highest BCUT2D eigenvalue weighted by atomic mass is 16.4. The summed E-state index contributed by atoms with van der Waals surface area (Å²) in [5, 5.41) is 29.5. The summed E-state index contributed by atoms with van der Waals surface area (Å²) in [6.45, 7) is 8.05. The van der Waals surface area contributed by atoms with Gasteiger partial charge in [-0.05, 0) is 75.8 Å². The number of nitrogens with one attached hydrogen (secondary N) is 8. The SMILES string of the molecule is CC[C@H](C)[C@H](NC(=O)[C@H](CCCCN)NC(=O)CNC(=O)[C@H](CC(C)C)NC(=O)[C@H](Cc1ccccc1)NC(=O)[C@H](CC(N)=O)NC(=O)[C@H](C)NC(=O)[C@H](CCC(N)=O)NC(=O)[C@@H](N)CCCN=C(N)N)C(=O)O. The number of nitrogens with zero attached hydrogens (tertiary/aromatic N) is 1. The van der Waals surface area contributed by atoms with E-state index < -0.39 is 132 Å². The first-order valence-electron chi connectivity index (χ1n) is 24.5. The van der Waals surface area contributed by atoms with Crippen LogP contribution in [-0.2, 0) is 59.2 Å². The molecule has 1 aromatic rings. The molecule has 0 aliphatic heterocycles. The average molecular weight is 1050 g/mol. The zero-order valence-electron chi connectivity index (χ0n) is 42.9. The minimum absolute atomic E-state index is 0.0477. The van der Waals surface area contributed by atoms with Gasteiger partial charge in [-0.25, -0.2) is 4.79 Å². The lowest BCUT2D eigenvalue weighted by Crippen LogP contribution is -2.60. The maximum Gasteiger partial charge on any atom is 0.326 e. The van der Waals surface area contributed by atoms with E-state index >= 15 is 0 Å². The summed E-state index contributed by atoms with van der Waals surface area (Å²) in [4.78, 5) is 148. The molecule has 21 N–H and O–H groups in total. The number of carbonyl (C=O) groups excluding carboxylic acids is 10. The van der Waals surface area contributed by atoms with Crippen LogP contribution in [0.25, 0.3) is 0 Å². The Labute approximate surface area is 430 Å². The number of unbranched alkanes of at least 4 members (excludes halogenated alkanes) is 1. The van der Waals surface area contributed by atoms with Crippen LogP contribution in [0, 0.1) is 11.8 Å². The Kier molecular flexibility index (Phi) is 29.8. The van der Waals surface area contributed by atoms with E-state index in [-0.39, 0.29) is 56.9 Å². The third kappa shape index (κ3) is 25.8. The number of guanidine groups is 1. The Morgan fingerprint density at radius 1 is 0.608 bits per heavy atom. The van der Waals surface area contributed by atoms with Crippen LogP contribution in [0.5, 0.6) is 0 Å². The van der Waals surface area contributed by atoms with Gasteiger partial charge in [-0.2, -0.15) is 0 Å². The summed E-state index contributed by atoms with van der Waals surface area (Å²) in [5.74, 6) is -10.8.